The highest BCUT2D eigenvalue weighted by molar-refractivity contribution is 5.83. The standard InChI is InChI=1S/C18H23N3O4/c1-24-18(23)16-12-9-11(6-7-13(12)20-21-16)19-17(22)15-8-10-4-2-3-5-14(10)25-15/h2-5,11-13,15-16,20-21H,6-9H2,1H3,(H,19,22). The van der Waals surface area contributed by atoms with E-state index in [0.29, 0.717) is 6.42 Å². The van der Waals surface area contributed by atoms with Gasteiger partial charge in [-0.15, -0.1) is 0 Å². The number of rotatable bonds is 3. The molecule has 1 saturated carbocycles. The average molecular weight is 345 g/mol. The van der Waals surface area contributed by atoms with Crippen LogP contribution in [-0.2, 0) is 20.7 Å². The van der Waals surface area contributed by atoms with E-state index in [1.807, 2.05) is 24.3 Å². The van der Waals surface area contributed by atoms with Gasteiger partial charge in [0.25, 0.3) is 5.91 Å². The fraction of sp³-hybridized carbons (Fsp3) is 0.556. The average Bonchev–Trinajstić information content (AvgIpc) is 3.24. The molecule has 1 aromatic carbocycles. The van der Waals surface area contributed by atoms with Crippen LogP contribution in [0.25, 0.3) is 0 Å². The second kappa shape index (κ2) is 6.65. The van der Waals surface area contributed by atoms with Crippen molar-refractivity contribution in [2.24, 2.45) is 5.92 Å². The summed E-state index contributed by atoms with van der Waals surface area (Å²) in [4.78, 5) is 24.5. The number of carbonyl (C=O) groups is 2. The lowest BCUT2D eigenvalue weighted by Crippen LogP contribution is -2.49. The van der Waals surface area contributed by atoms with Gasteiger partial charge in [0.1, 0.15) is 11.8 Å². The molecule has 0 bridgehead atoms. The third kappa shape index (κ3) is 3.09. The van der Waals surface area contributed by atoms with E-state index < -0.39 is 6.10 Å². The number of esters is 1. The van der Waals surface area contributed by atoms with Crippen LogP contribution in [-0.4, -0.2) is 43.2 Å². The van der Waals surface area contributed by atoms with Gasteiger partial charge >= 0.3 is 5.97 Å². The fourth-order valence-corrected chi connectivity index (χ4v) is 4.17. The minimum absolute atomic E-state index is 0.0509. The summed E-state index contributed by atoms with van der Waals surface area (Å²) >= 11 is 0. The number of fused-ring (bicyclic) bond motifs is 2. The molecule has 1 aliphatic carbocycles. The molecule has 1 amide bonds. The predicted molar refractivity (Wildman–Crippen MR) is 89.7 cm³/mol. The first-order valence-corrected chi connectivity index (χ1v) is 8.79. The topological polar surface area (TPSA) is 88.7 Å². The van der Waals surface area contributed by atoms with E-state index in [2.05, 4.69) is 16.2 Å². The first kappa shape index (κ1) is 16.4. The van der Waals surface area contributed by atoms with E-state index in [1.54, 1.807) is 0 Å². The van der Waals surface area contributed by atoms with Gasteiger partial charge < -0.3 is 14.8 Å². The van der Waals surface area contributed by atoms with E-state index in [1.165, 1.54) is 7.11 Å². The summed E-state index contributed by atoms with van der Waals surface area (Å²) in [6.07, 6.45) is 2.67. The van der Waals surface area contributed by atoms with Crippen molar-refractivity contribution in [3.63, 3.8) is 0 Å². The minimum atomic E-state index is -0.466. The number of carbonyl (C=O) groups excluding carboxylic acids is 2. The Morgan fingerprint density at radius 1 is 1.24 bits per heavy atom. The molecule has 0 aromatic heterocycles. The molecular weight excluding hydrogens is 322 g/mol. The first-order chi connectivity index (χ1) is 12.2. The van der Waals surface area contributed by atoms with E-state index in [-0.39, 0.29) is 35.9 Å². The summed E-state index contributed by atoms with van der Waals surface area (Å²) < 4.78 is 10.6. The lowest BCUT2D eigenvalue weighted by Gasteiger charge is -2.33. The Morgan fingerprint density at radius 3 is 2.88 bits per heavy atom. The zero-order valence-electron chi connectivity index (χ0n) is 14.2. The van der Waals surface area contributed by atoms with Crippen molar-refractivity contribution >= 4 is 11.9 Å². The van der Waals surface area contributed by atoms with Gasteiger partial charge in [-0.25, -0.2) is 5.43 Å². The maximum Gasteiger partial charge on any atom is 0.324 e. The molecule has 2 aliphatic heterocycles. The highest BCUT2D eigenvalue weighted by atomic mass is 16.5. The molecule has 0 spiro atoms. The number of nitrogens with one attached hydrogen (secondary N) is 3. The van der Waals surface area contributed by atoms with E-state index in [9.17, 15) is 9.59 Å². The third-order valence-electron chi connectivity index (χ3n) is 5.49. The summed E-state index contributed by atoms with van der Waals surface area (Å²) in [7, 11) is 1.40. The first-order valence-electron chi connectivity index (χ1n) is 8.79. The van der Waals surface area contributed by atoms with Crippen LogP contribution < -0.4 is 20.9 Å². The van der Waals surface area contributed by atoms with Crippen LogP contribution in [0, 0.1) is 5.92 Å². The quantitative estimate of drug-likeness (QED) is 0.683. The second-order valence-electron chi connectivity index (χ2n) is 7.00. The van der Waals surface area contributed by atoms with Crippen LogP contribution in [0.1, 0.15) is 24.8 Å². The lowest BCUT2D eigenvalue weighted by molar-refractivity contribution is -0.144. The monoisotopic (exact) mass is 345 g/mol. The smallest absolute Gasteiger partial charge is 0.324 e. The van der Waals surface area contributed by atoms with Crippen molar-refractivity contribution in [1.29, 1.82) is 0 Å². The van der Waals surface area contributed by atoms with Gasteiger partial charge in [0.15, 0.2) is 6.10 Å². The van der Waals surface area contributed by atoms with Crippen molar-refractivity contribution < 1.29 is 19.1 Å². The molecule has 7 heteroatoms. The Labute approximate surface area is 146 Å². The number of benzene rings is 1. The Morgan fingerprint density at radius 2 is 2.08 bits per heavy atom. The van der Waals surface area contributed by atoms with Crippen LogP contribution in [0.4, 0.5) is 0 Å². The molecule has 4 rings (SSSR count). The summed E-state index contributed by atoms with van der Waals surface area (Å²) in [6, 6.07) is 7.68. The Hall–Kier alpha value is -2.12. The summed E-state index contributed by atoms with van der Waals surface area (Å²) in [6.45, 7) is 0. The highest BCUT2D eigenvalue weighted by Crippen LogP contribution is 2.32. The molecule has 0 radical (unpaired) electrons. The van der Waals surface area contributed by atoms with Crippen molar-refractivity contribution in [3.8, 4) is 5.75 Å². The van der Waals surface area contributed by atoms with Crippen molar-refractivity contribution in [2.45, 2.75) is 49.9 Å². The second-order valence-corrected chi connectivity index (χ2v) is 7.00. The van der Waals surface area contributed by atoms with Crippen LogP contribution in [0.15, 0.2) is 24.3 Å². The van der Waals surface area contributed by atoms with Crippen LogP contribution in [0.3, 0.4) is 0 Å². The number of hydrazine groups is 1. The molecule has 5 atom stereocenters. The van der Waals surface area contributed by atoms with Crippen LogP contribution in [0.5, 0.6) is 5.75 Å². The van der Waals surface area contributed by atoms with Gasteiger partial charge in [-0.2, -0.15) is 0 Å². The number of ether oxygens (including phenoxy) is 2. The molecule has 3 aliphatic rings. The maximum absolute atomic E-state index is 12.6. The predicted octanol–water partition coefficient (Wildman–Crippen LogP) is 0.293. The largest absolute Gasteiger partial charge is 0.480 e. The van der Waals surface area contributed by atoms with E-state index >= 15 is 0 Å². The number of hydrogen-bond donors (Lipinski definition) is 3. The van der Waals surface area contributed by atoms with Gasteiger partial charge in [0.2, 0.25) is 0 Å². The SMILES string of the molecule is COC(=O)C1NNC2CCC(NC(=O)C3Cc4ccccc4O3)CC21. The summed E-state index contributed by atoms with van der Waals surface area (Å²) in [5, 5.41) is 3.11. The zero-order chi connectivity index (χ0) is 17.4. The third-order valence-corrected chi connectivity index (χ3v) is 5.49. The molecular formula is C18H23N3O4. The van der Waals surface area contributed by atoms with Crippen molar-refractivity contribution in [2.75, 3.05) is 7.11 Å². The molecule has 2 fully saturated rings. The van der Waals surface area contributed by atoms with E-state index in [4.69, 9.17) is 9.47 Å². The van der Waals surface area contributed by atoms with Gasteiger partial charge in [0.05, 0.1) is 7.11 Å². The maximum atomic E-state index is 12.6. The van der Waals surface area contributed by atoms with Crippen molar-refractivity contribution in [3.05, 3.63) is 29.8 Å². The molecule has 1 aromatic rings. The Balaban J connectivity index is 1.36. The molecule has 5 unspecified atom stereocenters. The Kier molecular flexibility index (Phi) is 4.35. The van der Waals surface area contributed by atoms with Gasteiger partial charge in [-0.05, 0) is 30.9 Å². The molecule has 3 N–H and O–H groups in total. The summed E-state index contributed by atoms with van der Waals surface area (Å²) in [5.41, 5.74) is 7.28. The Bertz CT molecular complexity index is 655. The van der Waals surface area contributed by atoms with Gasteiger partial charge in [-0.3, -0.25) is 15.0 Å². The summed E-state index contributed by atoms with van der Waals surface area (Å²) in [5.74, 6) is 0.573. The normalized spacial score (nSPS) is 33.1. The van der Waals surface area contributed by atoms with Crippen molar-refractivity contribution in [1.82, 2.24) is 16.2 Å². The minimum Gasteiger partial charge on any atom is -0.480 e. The molecule has 2 heterocycles. The van der Waals surface area contributed by atoms with Crippen LogP contribution in [0.2, 0.25) is 0 Å². The number of methoxy groups -OCH3 is 1. The van der Waals surface area contributed by atoms with Gasteiger partial charge in [0, 0.05) is 24.4 Å². The van der Waals surface area contributed by atoms with Gasteiger partial charge in [-0.1, -0.05) is 18.2 Å². The molecule has 1 saturated heterocycles. The lowest BCUT2D eigenvalue weighted by atomic mass is 9.79. The number of para-hydroxylation sites is 1. The molecule has 134 valence electrons. The molecule has 7 nitrogen and oxygen atoms in total. The fourth-order valence-electron chi connectivity index (χ4n) is 4.17. The van der Waals surface area contributed by atoms with E-state index in [0.717, 1.165) is 30.6 Å². The zero-order valence-corrected chi connectivity index (χ0v) is 14.2. The number of amides is 1. The van der Waals surface area contributed by atoms with Crippen LogP contribution >= 0.6 is 0 Å². The highest BCUT2D eigenvalue weighted by Gasteiger charge is 2.44. The molecule has 25 heavy (non-hydrogen) atoms. The number of hydrogen-bond acceptors (Lipinski definition) is 6.